The molecule has 1 aliphatic heterocycles. The number of benzene rings is 3. The van der Waals surface area contributed by atoms with Crippen molar-refractivity contribution in [2.24, 2.45) is 4.99 Å². The number of aryl methyl sites for hydroxylation is 2. The van der Waals surface area contributed by atoms with Crippen LogP contribution >= 0.6 is 11.6 Å². The van der Waals surface area contributed by atoms with Crippen LogP contribution in [0.25, 0.3) is 0 Å². The number of hydrogen-bond acceptors (Lipinski definition) is 2. The van der Waals surface area contributed by atoms with Gasteiger partial charge in [0.15, 0.2) is 0 Å². The highest BCUT2D eigenvalue weighted by Crippen LogP contribution is 2.31. The van der Waals surface area contributed by atoms with Crippen molar-refractivity contribution in [3.05, 3.63) is 99.3 Å². The fourth-order valence-corrected chi connectivity index (χ4v) is 4.17. The summed E-state index contributed by atoms with van der Waals surface area (Å²) in [6.45, 7) is 4.09. The predicted octanol–water partition coefficient (Wildman–Crippen LogP) is 5.52. The quantitative estimate of drug-likeness (QED) is 0.549. The highest BCUT2D eigenvalue weighted by Gasteiger charge is 2.30. The van der Waals surface area contributed by atoms with Crippen LogP contribution in [0.2, 0.25) is 5.02 Å². The number of halogens is 2. The maximum absolute atomic E-state index is 13.5. The summed E-state index contributed by atoms with van der Waals surface area (Å²) in [6, 6.07) is 17.2. The summed E-state index contributed by atoms with van der Waals surface area (Å²) in [5.74, 6) is -0.408. The predicted molar refractivity (Wildman–Crippen MR) is 120 cm³/mol. The Balaban J connectivity index is 1.86. The molecule has 3 aromatic carbocycles. The van der Waals surface area contributed by atoms with Crippen LogP contribution in [0.15, 0.2) is 65.7 Å². The number of benzodiazepines with no additional fused rings is 1. The number of carbonyl (C=O) groups is 1. The first-order chi connectivity index (χ1) is 14.3. The molecule has 3 aromatic rings. The van der Waals surface area contributed by atoms with Gasteiger partial charge >= 0.3 is 0 Å². The molecule has 5 heteroatoms. The molecule has 0 saturated heterocycles. The summed E-state index contributed by atoms with van der Waals surface area (Å²) < 4.78 is 13.5. The molecule has 1 heterocycles. The Bertz CT molecular complexity index is 1130. The summed E-state index contributed by atoms with van der Waals surface area (Å²) in [5, 5.41) is 0.553. The Morgan fingerprint density at radius 3 is 2.33 bits per heavy atom. The molecule has 0 radical (unpaired) electrons. The molecule has 0 aromatic heterocycles. The molecule has 152 valence electrons. The SMILES string of the molecule is Cc1cc(C)cc(CC2N=C(c3ccc(F)cc3)c3cc(Cl)ccc3N(C)C2=O)c1. The van der Waals surface area contributed by atoms with E-state index in [1.54, 1.807) is 30.1 Å². The second kappa shape index (κ2) is 8.04. The van der Waals surface area contributed by atoms with Gasteiger partial charge in [0, 0.05) is 29.6 Å². The monoisotopic (exact) mass is 420 g/mol. The number of nitrogens with zero attached hydrogens (tertiary/aromatic N) is 2. The van der Waals surface area contributed by atoms with Crippen LogP contribution in [-0.2, 0) is 11.2 Å². The minimum atomic E-state index is -0.595. The summed E-state index contributed by atoms with van der Waals surface area (Å²) in [5.41, 5.74) is 6.23. The van der Waals surface area contributed by atoms with Crippen molar-refractivity contribution in [3.63, 3.8) is 0 Å². The smallest absolute Gasteiger partial charge is 0.251 e. The van der Waals surface area contributed by atoms with Crippen LogP contribution in [0.5, 0.6) is 0 Å². The lowest BCUT2D eigenvalue weighted by Gasteiger charge is -2.21. The van der Waals surface area contributed by atoms with Gasteiger partial charge in [-0.3, -0.25) is 9.79 Å². The van der Waals surface area contributed by atoms with Gasteiger partial charge in [0.1, 0.15) is 11.9 Å². The Kier molecular flexibility index (Phi) is 5.44. The maximum Gasteiger partial charge on any atom is 0.251 e. The minimum Gasteiger partial charge on any atom is -0.313 e. The van der Waals surface area contributed by atoms with Crippen molar-refractivity contribution < 1.29 is 9.18 Å². The Morgan fingerprint density at radius 1 is 1.00 bits per heavy atom. The van der Waals surface area contributed by atoms with Crippen molar-refractivity contribution in [3.8, 4) is 0 Å². The number of fused-ring (bicyclic) bond motifs is 1. The Morgan fingerprint density at radius 2 is 1.67 bits per heavy atom. The average molecular weight is 421 g/mol. The molecule has 1 atom stereocenters. The first-order valence-electron chi connectivity index (χ1n) is 9.80. The highest BCUT2D eigenvalue weighted by atomic mass is 35.5. The van der Waals surface area contributed by atoms with Crippen molar-refractivity contribution >= 4 is 28.9 Å². The second-order valence-corrected chi connectivity index (χ2v) is 8.20. The molecule has 0 spiro atoms. The van der Waals surface area contributed by atoms with Crippen LogP contribution in [-0.4, -0.2) is 24.7 Å². The van der Waals surface area contributed by atoms with Crippen LogP contribution in [0, 0.1) is 19.7 Å². The highest BCUT2D eigenvalue weighted by molar-refractivity contribution is 6.32. The third-order valence-electron chi connectivity index (χ3n) is 5.30. The standard InChI is InChI=1S/C25H22ClFN2O/c1-15-10-16(2)12-17(11-15)13-22-25(30)29(3)23-9-6-19(26)14-21(23)24(28-22)18-4-7-20(27)8-5-18/h4-12,14,22H,13H2,1-3H3. The molecule has 1 amide bonds. The molecule has 0 N–H and O–H groups in total. The number of aliphatic imine (C=N–C) groups is 1. The molecule has 0 fully saturated rings. The van der Waals surface area contributed by atoms with Gasteiger partial charge in [-0.25, -0.2) is 4.39 Å². The molecule has 1 unspecified atom stereocenters. The summed E-state index contributed by atoms with van der Waals surface area (Å²) in [7, 11) is 1.76. The zero-order valence-corrected chi connectivity index (χ0v) is 17.9. The molecule has 1 aliphatic rings. The van der Waals surface area contributed by atoms with Gasteiger partial charge in [0.25, 0.3) is 5.91 Å². The Labute approximate surface area is 180 Å². The topological polar surface area (TPSA) is 32.7 Å². The molecule has 0 aliphatic carbocycles. The second-order valence-electron chi connectivity index (χ2n) is 7.76. The van der Waals surface area contributed by atoms with Crippen molar-refractivity contribution in [2.45, 2.75) is 26.3 Å². The molecule has 4 rings (SSSR count). The molecule has 0 bridgehead atoms. The van der Waals surface area contributed by atoms with E-state index in [0.717, 1.165) is 33.5 Å². The third-order valence-corrected chi connectivity index (χ3v) is 5.54. The van der Waals surface area contributed by atoms with Crippen LogP contribution in [0.4, 0.5) is 10.1 Å². The van der Waals surface area contributed by atoms with Gasteiger partial charge in [0.05, 0.1) is 11.4 Å². The third kappa shape index (κ3) is 4.01. The lowest BCUT2D eigenvalue weighted by atomic mass is 9.99. The number of carbonyl (C=O) groups excluding carboxylic acids is 1. The average Bonchev–Trinajstić information content (AvgIpc) is 2.78. The number of hydrogen-bond donors (Lipinski definition) is 0. The fourth-order valence-electron chi connectivity index (χ4n) is 3.99. The number of rotatable bonds is 3. The molecule has 3 nitrogen and oxygen atoms in total. The molecular formula is C25H22ClFN2O. The van der Waals surface area contributed by atoms with E-state index in [1.807, 2.05) is 26.0 Å². The van der Waals surface area contributed by atoms with Crippen molar-refractivity contribution in [2.75, 3.05) is 11.9 Å². The molecule has 0 saturated carbocycles. The van der Waals surface area contributed by atoms with E-state index >= 15 is 0 Å². The van der Waals surface area contributed by atoms with Crippen molar-refractivity contribution in [1.82, 2.24) is 0 Å². The lowest BCUT2D eigenvalue weighted by molar-refractivity contribution is -0.119. The van der Waals surface area contributed by atoms with E-state index in [4.69, 9.17) is 16.6 Å². The Hall–Kier alpha value is -2.98. The van der Waals surface area contributed by atoms with Gasteiger partial charge in [-0.05, 0) is 61.9 Å². The summed E-state index contributed by atoms with van der Waals surface area (Å²) in [6.07, 6.45) is 0.484. The summed E-state index contributed by atoms with van der Waals surface area (Å²) >= 11 is 6.27. The molecule has 30 heavy (non-hydrogen) atoms. The van der Waals surface area contributed by atoms with Crippen LogP contribution in [0.1, 0.15) is 27.8 Å². The first kappa shape index (κ1) is 20.3. The number of likely N-dealkylation sites (N-methyl/N-ethyl adjacent to an activating group) is 1. The lowest BCUT2D eigenvalue weighted by Crippen LogP contribution is -2.36. The fraction of sp³-hybridized carbons (Fsp3) is 0.200. The normalized spacial score (nSPS) is 16.2. The maximum atomic E-state index is 13.5. The zero-order valence-electron chi connectivity index (χ0n) is 17.1. The van der Waals surface area contributed by atoms with E-state index in [-0.39, 0.29) is 11.7 Å². The van der Waals surface area contributed by atoms with Crippen LogP contribution in [0.3, 0.4) is 0 Å². The van der Waals surface area contributed by atoms with E-state index in [9.17, 15) is 9.18 Å². The van der Waals surface area contributed by atoms with Gasteiger partial charge in [-0.1, -0.05) is 40.9 Å². The van der Waals surface area contributed by atoms with Crippen molar-refractivity contribution in [1.29, 1.82) is 0 Å². The zero-order chi connectivity index (χ0) is 21.4. The van der Waals surface area contributed by atoms with E-state index in [2.05, 4.69) is 18.2 Å². The van der Waals surface area contributed by atoms with E-state index in [1.165, 1.54) is 12.1 Å². The number of amides is 1. The van der Waals surface area contributed by atoms with Crippen LogP contribution < -0.4 is 4.90 Å². The van der Waals surface area contributed by atoms with E-state index in [0.29, 0.717) is 17.2 Å². The van der Waals surface area contributed by atoms with Gasteiger partial charge in [0.2, 0.25) is 0 Å². The van der Waals surface area contributed by atoms with Gasteiger partial charge < -0.3 is 4.90 Å². The summed E-state index contributed by atoms with van der Waals surface area (Å²) in [4.78, 5) is 19.9. The molecular weight excluding hydrogens is 399 g/mol. The minimum absolute atomic E-state index is 0.0881. The number of anilines is 1. The first-order valence-corrected chi connectivity index (χ1v) is 10.2. The van der Waals surface area contributed by atoms with E-state index < -0.39 is 6.04 Å². The van der Waals surface area contributed by atoms with Gasteiger partial charge in [-0.15, -0.1) is 0 Å². The largest absolute Gasteiger partial charge is 0.313 e. The van der Waals surface area contributed by atoms with Gasteiger partial charge in [-0.2, -0.15) is 0 Å².